The minimum Gasteiger partial charge on any atom is -0.376 e. The summed E-state index contributed by atoms with van der Waals surface area (Å²) in [5.41, 5.74) is 0. The fraction of sp³-hybridized carbons (Fsp3) is 0.812. The Bertz CT molecular complexity index is 506. The fourth-order valence-corrected chi connectivity index (χ4v) is 3.26. The second-order valence-corrected chi connectivity index (χ2v) is 6.37. The molecular formula is C16H27N5O3. The van der Waals surface area contributed by atoms with Gasteiger partial charge < -0.3 is 24.3 Å². The Morgan fingerprint density at radius 2 is 1.96 bits per heavy atom. The van der Waals surface area contributed by atoms with Crippen molar-refractivity contribution in [3.8, 4) is 0 Å². The molecule has 0 bridgehead atoms. The van der Waals surface area contributed by atoms with Gasteiger partial charge in [0.1, 0.15) is 6.33 Å². The minimum absolute atomic E-state index is 0.0911. The Morgan fingerprint density at radius 3 is 2.50 bits per heavy atom. The fourth-order valence-electron chi connectivity index (χ4n) is 3.26. The van der Waals surface area contributed by atoms with Gasteiger partial charge in [-0.15, -0.1) is 10.2 Å². The highest BCUT2D eigenvalue weighted by Gasteiger charge is 2.27. The molecular weight excluding hydrogens is 310 g/mol. The van der Waals surface area contributed by atoms with Crippen LogP contribution in [-0.4, -0.2) is 64.2 Å². The summed E-state index contributed by atoms with van der Waals surface area (Å²) in [7, 11) is 0. The summed E-state index contributed by atoms with van der Waals surface area (Å²) >= 11 is 0. The van der Waals surface area contributed by atoms with Gasteiger partial charge in [-0.05, 0) is 32.6 Å². The SMILES string of the molecule is CCn1cnnc1CNC(=O)N(C[C@@H]1CCCO1)C[C@@H]1CCCO1. The van der Waals surface area contributed by atoms with Crippen molar-refractivity contribution < 1.29 is 14.3 Å². The van der Waals surface area contributed by atoms with Crippen LogP contribution in [0.5, 0.6) is 0 Å². The molecule has 2 fully saturated rings. The number of carbonyl (C=O) groups is 1. The van der Waals surface area contributed by atoms with Crippen LogP contribution in [0.4, 0.5) is 4.79 Å². The van der Waals surface area contributed by atoms with Gasteiger partial charge in [-0.25, -0.2) is 4.79 Å². The molecule has 2 amide bonds. The largest absolute Gasteiger partial charge is 0.376 e. The third-order valence-electron chi connectivity index (χ3n) is 4.62. The van der Waals surface area contributed by atoms with Gasteiger partial charge in [-0.2, -0.15) is 0 Å². The first kappa shape index (κ1) is 17.2. The highest BCUT2D eigenvalue weighted by Crippen LogP contribution is 2.17. The molecule has 134 valence electrons. The standard InChI is InChI=1S/C16H27N5O3/c1-2-20-12-18-19-15(20)9-17-16(22)21(10-13-5-3-7-23-13)11-14-6-4-8-24-14/h12-14H,2-11H2,1H3,(H,17,22)/t13-,14-/m0/s1. The average molecular weight is 337 g/mol. The van der Waals surface area contributed by atoms with Gasteiger partial charge in [0.15, 0.2) is 5.82 Å². The van der Waals surface area contributed by atoms with Crippen LogP contribution >= 0.6 is 0 Å². The van der Waals surface area contributed by atoms with Crippen LogP contribution in [0.1, 0.15) is 38.4 Å². The van der Waals surface area contributed by atoms with Gasteiger partial charge in [0.2, 0.25) is 0 Å². The van der Waals surface area contributed by atoms with Crippen LogP contribution in [0, 0.1) is 0 Å². The minimum atomic E-state index is -0.0911. The number of nitrogens with one attached hydrogen (secondary N) is 1. The van der Waals surface area contributed by atoms with Gasteiger partial charge in [0.05, 0.1) is 18.8 Å². The van der Waals surface area contributed by atoms with Crippen LogP contribution < -0.4 is 5.32 Å². The second kappa shape index (κ2) is 8.43. The van der Waals surface area contributed by atoms with Gasteiger partial charge in [-0.3, -0.25) is 0 Å². The van der Waals surface area contributed by atoms with Crippen LogP contribution in [0.15, 0.2) is 6.33 Å². The van der Waals surface area contributed by atoms with Crippen molar-refractivity contribution in [3.63, 3.8) is 0 Å². The summed E-state index contributed by atoms with van der Waals surface area (Å²) in [4.78, 5) is 14.5. The van der Waals surface area contributed by atoms with Gasteiger partial charge in [0, 0.05) is 32.8 Å². The van der Waals surface area contributed by atoms with Gasteiger partial charge >= 0.3 is 6.03 Å². The molecule has 2 aliphatic heterocycles. The van der Waals surface area contributed by atoms with Crippen LogP contribution in [-0.2, 0) is 22.6 Å². The van der Waals surface area contributed by atoms with E-state index in [1.165, 1.54) is 0 Å². The molecule has 0 aliphatic carbocycles. The first-order valence-corrected chi connectivity index (χ1v) is 8.89. The Kier molecular flexibility index (Phi) is 6.03. The van der Waals surface area contributed by atoms with Gasteiger partial charge in [0.25, 0.3) is 0 Å². The first-order valence-electron chi connectivity index (χ1n) is 8.89. The monoisotopic (exact) mass is 337 g/mol. The number of aromatic nitrogens is 3. The zero-order chi connectivity index (χ0) is 16.8. The molecule has 0 unspecified atom stereocenters. The van der Waals surface area contributed by atoms with Crippen molar-refractivity contribution in [1.29, 1.82) is 0 Å². The zero-order valence-corrected chi connectivity index (χ0v) is 14.3. The molecule has 1 aromatic heterocycles. The van der Waals surface area contributed by atoms with Crippen molar-refractivity contribution in [2.45, 2.75) is 57.9 Å². The number of aryl methyl sites for hydroxylation is 1. The summed E-state index contributed by atoms with van der Waals surface area (Å²) in [5, 5.41) is 10.9. The van der Waals surface area contributed by atoms with Crippen LogP contribution in [0.3, 0.4) is 0 Å². The highest BCUT2D eigenvalue weighted by molar-refractivity contribution is 5.74. The molecule has 1 aromatic rings. The van der Waals surface area contributed by atoms with Crippen molar-refractivity contribution in [2.24, 2.45) is 0 Å². The molecule has 0 saturated carbocycles. The Hall–Kier alpha value is -1.67. The van der Waals surface area contributed by atoms with E-state index >= 15 is 0 Å². The summed E-state index contributed by atoms with van der Waals surface area (Å²) in [6.07, 6.45) is 6.11. The number of hydrogen-bond donors (Lipinski definition) is 1. The molecule has 0 radical (unpaired) electrons. The molecule has 1 N–H and O–H groups in total. The Morgan fingerprint density at radius 1 is 1.29 bits per heavy atom. The third-order valence-corrected chi connectivity index (χ3v) is 4.62. The van der Waals surface area contributed by atoms with E-state index in [1.807, 2.05) is 16.4 Å². The zero-order valence-electron chi connectivity index (χ0n) is 14.3. The van der Waals surface area contributed by atoms with Crippen molar-refractivity contribution in [1.82, 2.24) is 25.0 Å². The first-order chi connectivity index (χ1) is 11.8. The predicted molar refractivity (Wildman–Crippen MR) is 87.5 cm³/mol. The lowest BCUT2D eigenvalue weighted by molar-refractivity contribution is 0.0497. The summed E-state index contributed by atoms with van der Waals surface area (Å²) in [6.45, 7) is 6.00. The normalized spacial score (nSPS) is 23.5. The van der Waals surface area contributed by atoms with E-state index in [9.17, 15) is 4.79 Å². The number of rotatable bonds is 7. The molecule has 8 heteroatoms. The third kappa shape index (κ3) is 4.45. The van der Waals surface area contributed by atoms with Crippen molar-refractivity contribution in [2.75, 3.05) is 26.3 Å². The molecule has 2 aliphatic rings. The number of amides is 2. The smallest absolute Gasteiger partial charge is 0.317 e. The maximum Gasteiger partial charge on any atom is 0.317 e. The van der Waals surface area contributed by atoms with Crippen LogP contribution in [0.2, 0.25) is 0 Å². The molecule has 3 rings (SSSR count). The van der Waals surface area contributed by atoms with Crippen LogP contribution in [0.25, 0.3) is 0 Å². The molecule has 2 atom stereocenters. The summed E-state index contributed by atoms with van der Waals surface area (Å²) in [6, 6.07) is -0.0911. The van der Waals surface area contributed by atoms with E-state index in [1.54, 1.807) is 6.33 Å². The maximum atomic E-state index is 12.7. The molecule has 8 nitrogen and oxygen atoms in total. The number of urea groups is 1. The number of carbonyl (C=O) groups excluding carboxylic acids is 1. The van der Waals surface area contributed by atoms with E-state index in [0.29, 0.717) is 19.6 Å². The lowest BCUT2D eigenvalue weighted by Gasteiger charge is -2.27. The van der Waals surface area contributed by atoms with Crippen molar-refractivity contribution in [3.05, 3.63) is 12.2 Å². The Labute approximate surface area is 142 Å². The molecule has 24 heavy (non-hydrogen) atoms. The quantitative estimate of drug-likeness (QED) is 0.808. The lowest BCUT2D eigenvalue weighted by atomic mass is 10.2. The Balaban J connectivity index is 1.56. The lowest BCUT2D eigenvalue weighted by Crippen LogP contribution is -2.47. The molecule has 3 heterocycles. The second-order valence-electron chi connectivity index (χ2n) is 6.37. The predicted octanol–water partition coefficient (Wildman–Crippen LogP) is 1.17. The van der Waals surface area contributed by atoms with E-state index in [4.69, 9.17) is 9.47 Å². The van der Waals surface area contributed by atoms with E-state index in [2.05, 4.69) is 15.5 Å². The average Bonchev–Trinajstić information content (AvgIpc) is 3.34. The van der Waals surface area contributed by atoms with Gasteiger partial charge in [-0.1, -0.05) is 0 Å². The number of nitrogens with zero attached hydrogens (tertiary/aromatic N) is 4. The summed E-state index contributed by atoms with van der Waals surface area (Å²) in [5.74, 6) is 0.764. The highest BCUT2D eigenvalue weighted by atomic mass is 16.5. The number of hydrogen-bond acceptors (Lipinski definition) is 5. The van der Waals surface area contributed by atoms with E-state index in [-0.39, 0.29) is 18.2 Å². The molecule has 2 saturated heterocycles. The van der Waals surface area contributed by atoms with E-state index < -0.39 is 0 Å². The summed E-state index contributed by atoms with van der Waals surface area (Å²) < 4.78 is 13.3. The molecule has 0 aromatic carbocycles. The molecule has 0 spiro atoms. The van der Waals surface area contributed by atoms with Crippen molar-refractivity contribution >= 4 is 6.03 Å². The number of ether oxygens (including phenoxy) is 2. The van der Waals surface area contributed by atoms with E-state index in [0.717, 1.165) is 51.3 Å². The maximum absolute atomic E-state index is 12.7. The topological polar surface area (TPSA) is 81.5 Å².